The van der Waals surface area contributed by atoms with Crippen LogP contribution in [-0.4, -0.2) is 36.0 Å². The van der Waals surface area contributed by atoms with E-state index in [0.29, 0.717) is 0 Å². The number of benzene rings is 3. The Kier molecular flexibility index (Phi) is 8.96. The first kappa shape index (κ1) is 24.7. The summed E-state index contributed by atoms with van der Waals surface area (Å²) < 4.78 is 0. The van der Waals surface area contributed by atoms with Gasteiger partial charge in [0, 0.05) is 13.1 Å². The smallest absolute Gasteiger partial charge is 0.0240 e. The lowest BCUT2D eigenvalue weighted by Crippen LogP contribution is -2.22. The standard InChI is InChI=1S/C32H42N2/c1-4-33(24-28-14-6-5-7-15-28)25-30-18-13-20-32(27(30)3)31-19-12-17-29(26(31)2)16-8-9-21-34-22-10-11-23-34/h5-7,12-15,17-20H,4,8-11,16,21-25H2,1-3H3. The molecule has 2 heteroatoms. The molecular weight excluding hydrogens is 412 g/mol. The van der Waals surface area contributed by atoms with Gasteiger partial charge in [-0.3, -0.25) is 4.90 Å². The molecule has 0 saturated carbocycles. The van der Waals surface area contributed by atoms with Crippen molar-refractivity contribution in [3.8, 4) is 11.1 Å². The van der Waals surface area contributed by atoms with Gasteiger partial charge in [-0.05, 0) is 111 Å². The Balaban J connectivity index is 1.45. The second-order valence-electron chi connectivity index (χ2n) is 9.97. The minimum atomic E-state index is 0.986. The normalized spacial score (nSPS) is 14.2. The maximum Gasteiger partial charge on any atom is 0.0240 e. The van der Waals surface area contributed by atoms with Gasteiger partial charge in [-0.2, -0.15) is 0 Å². The molecule has 0 aliphatic carbocycles. The molecule has 1 heterocycles. The van der Waals surface area contributed by atoms with Gasteiger partial charge in [-0.1, -0.05) is 73.7 Å². The highest BCUT2D eigenvalue weighted by Crippen LogP contribution is 2.31. The molecule has 34 heavy (non-hydrogen) atoms. The largest absolute Gasteiger partial charge is 0.303 e. The predicted octanol–water partition coefficient (Wildman–Crippen LogP) is 7.41. The van der Waals surface area contributed by atoms with Crippen LogP contribution in [0.5, 0.6) is 0 Å². The quantitative estimate of drug-likeness (QED) is 0.278. The van der Waals surface area contributed by atoms with Gasteiger partial charge in [0.15, 0.2) is 0 Å². The maximum absolute atomic E-state index is 2.63. The number of hydrogen-bond acceptors (Lipinski definition) is 2. The zero-order valence-corrected chi connectivity index (χ0v) is 21.5. The molecule has 4 rings (SSSR count). The van der Waals surface area contributed by atoms with Crippen molar-refractivity contribution in [2.45, 2.75) is 66.0 Å². The SMILES string of the molecule is CCN(Cc1ccccc1)Cc1cccc(-c2cccc(CCCCN3CCCC3)c2C)c1C. The van der Waals surface area contributed by atoms with E-state index < -0.39 is 0 Å². The minimum Gasteiger partial charge on any atom is -0.303 e. The fourth-order valence-electron chi connectivity index (χ4n) is 5.41. The van der Waals surface area contributed by atoms with Crippen LogP contribution < -0.4 is 0 Å². The van der Waals surface area contributed by atoms with Gasteiger partial charge in [0.2, 0.25) is 0 Å². The first-order valence-electron chi connectivity index (χ1n) is 13.3. The second kappa shape index (κ2) is 12.3. The third kappa shape index (κ3) is 6.37. The number of unbranched alkanes of at least 4 members (excludes halogenated alkanes) is 1. The van der Waals surface area contributed by atoms with E-state index in [1.54, 1.807) is 0 Å². The molecule has 1 aliphatic heterocycles. The molecule has 0 N–H and O–H groups in total. The van der Waals surface area contributed by atoms with Crippen molar-refractivity contribution in [3.63, 3.8) is 0 Å². The summed E-state index contributed by atoms with van der Waals surface area (Å²) in [6.07, 6.45) is 6.56. The molecular formula is C32H42N2. The Morgan fingerprint density at radius 1 is 0.706 bits per heavy atom. The van der Waals surface area contributed by atoms with E-state index >= 15 is 0 Å². The van der Waals surface area contributed by atoms with Crippen LogP contribution in [0.15, 0.2) is 66.7 Å². The van der Waals surface area contributed by atoms with Crippen molar-refractivity contribution in [2.75, 3.05) is 26.2 Å². The van der Waals surface area contributed by atoms with Crippen molar-refractivity contribution >= 4 is 0 Å². The Labute approximate surface area is 207 Å². The fraction of sp³-hybridized carbons (Fsp3) is 0.438. The zero-order chi connectivity index (χ0) is 23.8. The fourth-order valence-corrected chi connectivity index (χ4v) is 5.41. The van der Waals surface area contributed by atoms with Crippen molar-refractivity contribution in [2.24, 2.45) is 0 Å². The molecule has 3 aromatic rings. The average molecular weight is 455 g/mol. The summed E-state index contributed by atoms with van der Waals surface area (Å²) in [5.41, 5.74) is 10.0. The third-order valence-corrected chi connectivity index (χ3v) is 7.64. The molecule has 0 radical (unpaired) electrons. The summed E-state index contributed by atoms with van der Waals surface area (Å²) >= 11 is 0. The van der Waals surface area contributed by atoms with Crippen molar-refractivity contribution in [1.29, 1.82) is 0 Å². The lowest BCUT2D eigenvalue weighted by Gasteiger charge is -2.23. The summed E-state index contributed by atoms with van der Waals surface area (Å²) in [6, 6.07) is 24.6. The average Bonchev–Trinajstić information content (AvgIpc) is 3.38. The first-order valence-corrected chi connectivity index (χ1v) is 13.3. The Morgan fingerprint density at radius 3 is 2.03 bits per heavy atom. The van der Waals surface area contributed by atoms with Gasteiger partial charge in [0.25, 0.3) is 0 Å². The van der Waals surface area contributed by atoms with Crippen LogP contribution in [0.1, 0.15) is 60.4 Å². The molecule has 0 amide bonds. The zero-order valence-electron chi connectivity index (χ0n) is 21.5. The maximum atomic E-state index is 2.63. The summed E-state index contributed by atoms with van der Waals surface area (Å²) in [5, 5.41) is 0. The Morgan fingerprint density at radius 2 is 1.35 bits per heavy atom. The molecule has 1 aliphatic rings. The van der Waals surface area contributed by atoms with E-state index in [0.717, 1.165) is 19.6 Å². The van der Waals surface area contributed by atoms with Crippen LogP contribution in [0.4, 0.5) is 0 Å². The lowest BCUT2D eigenvalue weighted by molar-refractivity contribution is 0.271. The number of hydrogen-bond donors (Lipinski definition) is 0. The van der Waals surface area contributed by atoms with E-state index in [-0.39, 0.29) is 0 Å². The monoisotopic (exact) mass is 454 g/mol. The van der Waals surface area contributed by atoms with Crippen LogP contribution in [-0.2, 0) is 19.5 Å². The summed E-state index contributed by atoms with van der Waals surface area (Å²) in [6.45, 7) is 13.8. The van der Waals surface area contributed by atoms with Crippen LogP contribution in [0.3, 0.4) is 0 Å². The van der Waals surface area contributed by atoms with E-state index in [4.69, 9.17) is 0 Å². The Bertz CT molecular complexity index is 1030. The number of nitrogens with zero attached hydrogens (tertiary/aromatic N) is 2. The first-order chi connectivity index (χ1) is 16.7. The molecule has 0 unspecified atom stereocenters. The van der Waals surface area contributed by atoms with Crippen LogP contribution in [0.2, 0.25) is 0 Å². The lowest BCUT2D eigenvalue weighted by atomic mass is 9.90. The highest BCUT2D eigenvalue weighted by molar-refractivity contribution is 5.72. The molecule has 180 valence electrons. The molecule has 1 fully saturated rings. The van der Waals surface area contributed by atoms with Crippen LogP contribution in [0, 0.1) is 13.8 Å². The van der Waals surface area contributed by atoms with E-state index in [9.17, 15) is 0 Å². The van der Waals surface area contributed by atoms with Crippen LogP contribution in [0.25, 0.3) is 11.1 Å². The number of aryl methyl sites for hydroxylation is 1. The van der Waals surface area contributed by atoms with Gasteiger partial charge in [0.05, 0.1) is 0 Å². The highest BCUT2D eigenvalue weighted by Gasteiger charge is 2.14. The molecule has 2 nitrogen and oxygen atoms in total. The molecule has 3 aromatic carbocycles. The predicted molar refractivity (Wildman–Crippen MR) is 146 cm³/mol. The summed E-state index contributed by atoms with van der Waals surface area (Å²) in [5.74, 6) is 0. The molecule has 0 atom stereocenters. The van der Waals surface area contributed by atoms with Gasteiger partial charge >= 0.3 is 0 Å². The van der Waals surface area contributed by atoms with Crippen molar-refractivity contribution < 1.29 is 0 Å². The molecule has 0 aromatic heterocycles. The van der Waals surface area contributed by atoms with Crippen LogP contribution >= 0.6 is 0 Å². The topological polar surface area (TPSA) is 6.48 Å². The summed E-state index contributed by atoms with van der Waals surface area (Å²) in [4.78, 5) is 5.17. The third-order valence-electron chi connectivity index (χ3n) is 7.64. The van der Waals surface area contributed by atoms with Gasteiger partial charge in [-0.15, -0.1) is 0 Å². The van der Waals surface area contributed by atoms with E-state index in [1.807, 2.05) is 0 Å². The second-order valence-corrected chi connectivity index (χ2v) is 9.97. The minimum absolute atomic E-state index is 0.986. The van der Waals surface area contributed by atoms with Crippen molar-refractivity contribution in [3.05, 3.63) is 94.5 Å². The molecule has 1 saturated heterocycles. The number of likely N-dealkylation sites (tertiary alicyclic amines) is 1. The van der Waals surface area contributed by atoms with E-state index in [1.165, 1.54) is 90.7 Å². The van der Waals surface area contributed by atoms with E-state index in [2.05, 4.69) is 97.3 Å². The number of rotatable bonds is 11. The highest BCUT2D eigenvalue weighted by atomic mass is 15.1. The van der Waals surface area contributed by atoms with Gasteiger partial charge in [-0.25, -0.2) is 0 Å². The molecule has 0 spiro atoms. The molecule has 0 bridgehead atoms. The van der Waals surface area contributed by atoms with Gasteiger partial charge < -0.3 is 4.90 Å². The van der Waals surface area contributed by atoms with Gasteiger partial charge in [0.1, 0.15) is 0 Å². The summed E-state index contributed by atoms with van der Waals surface area (Å²) in [7, 11) is 0. The Hall–Kier alpha value is -2.42. The van der Waals surface area contributed by atoms with Crippen molar-refractivity contribution in [1.82, 2.24) is 9.80 Å².